The third-order valence-corrected chi connectivity index (χ3v) is 7.24. The summed E-state index contributed by atoms with van der Waals surface area (Å²) in [6.07, 6.45) is 4.43. The highest BCUT2D eigenvalue weighted by Crippen LogP contribution is 2.51. The number of hydrogen-bond donors (Lipinski definition) is 2. The van der Waals surface area contributed by atoms with E-state index in [4.69, 9.17) is 21.9 Å². The molecule has 2 aromatic rings. The summed E-state index contributed by atoms with van der Waals surface area (Å²) in [6.45, 7) is 6.30. The highest BCUT2D eigenvalue weighted by Gasteiger charge is 2.29. The van der Waals surface area contributed by atoms with E-state index < -0.39 is 14.1 Å². The zero-order valence-electron chi connectivity index (χ0n) is 16.1. The van der Waals surface area contributed by atoms with Crippen LogP contribution in [0.1, 0.15) is 44.1 Å². The molecule has 0 saturated heterocycles. The molecule has 1 amide bonds. The fraction of sp³-hybridized carbons (Fsp3) is 0.350. The summed E-state index contributed by atoms with van der Waals surface area (Å²) in [5.41, 5.74) is 6.63. The lowest BCUT2D eigenvalue weighted by molar-refractivity contribution is 0.0997. The molecular weight excluding hydrogens is 466 g/mol. The second-order valence-corrected chi connectivity index (χ2v) is 9.34. The molecule has 3 N–H and O–H groups in total. The SMILES string of the molecule is CC.CCOP(C1=CC(F)=CC(Br)CC1)c1c(C(N)=O)[nH]c2ccc(Cl)cc12. The van der Waals surface area contributed by atoms with Crippen molar-refractivity contribution in [3.05, 3.63) is 52.2 Å². The molecule has 1 heterocycles. The largest absolute Gasteiger partial charge is 0.364 e. The van der Waals surface area contributed by atoms with Gasteiger partial charge in [-0.15, -0.1) is 0 Å². The van der Waals surface area contributed by atoms with Crippen LogP contribution in [0.15, 0.2) is 41.5 Å². The Morgan fingerprint density at radius 2 is 2.18 bits per heavy atom. The number of hydrogen-bond acceptors (Lipinski definition) is 2. The van der Waals surface area contributed by atoms with Crippen molar-refractivity contribution in [3.63, 3.8) is 0 Å². The number of aromatic nitrogens is 1. The number of allylic oxidation sites excluding steroid dienone is 4. The predicted molar refractivity (Wildman–Crippen MR) is 121 cm³/mol. The Kier molecular flexibility index (Phi) is 8.69. The molecule has 0 spiro atoms. The number of carbonyl (C=O) groups is 1. The molecule has 3 rings (SSSR count). The van der Waals surface area contributed by atoms with E-state index in [1.54, 1.807) is 18.2 Å². The number of nitrogens with two attached hydrogens (primary N) is 1. The molecule has 1 aromatic carbocycles. The first-order chi connectivity index (χ1) is 13.4. The number of halogens is 3. The first-order valence-corrected chi connectivity index (χ1v) is 11.7. The Morgan fingerprint density at radius 1 is 1.46 bits per heavy atom. The minimum absolute atomic E-state index is 0.0391. The molecule has 4 nitrogen and oxygen atoms in total. The van der Waals surface area contributed by atoms with Gasteiger partial charge in [-0.3, -0.25) is 4.79 Å². The van der Waals surface area contributed by atoms with Crippen LogP contribution in [0.5, 0.6) is 0 Å². The molecule has 0 saturated carbocycles. The van der Waals surface area contributed by atoms with Crippen LogP contribution < -0.4 is 11.0 Å². The molecule has 1 aromatic heterocycles. The van der Waals surface area contributed by atoms with Gasteiger partial charge < -0.3 is 15.2 Å². The van der Waals surface area contributed by atoms with E-state index in [-0.39, 0.29) is 16.3 Å². The minimum Gasteiger partial charge on any atom is -0.364 e. The van der Waals surface area contributed by atoms with Gasteiger partial charge in [0.05, 0.1) is 8.15 Å². The van der Waals surface area contributed by atoms with Gasteiger partial charge in [-0.2, -0.15) is 0 Å². The number of carbonyl (C=O) groups excluding carboxylic acids is 1. The number of rotatable bonds is 5. The van der Waals surface area contributed by atoms with Crippen LogP contribution in [0.2, 0.25) is 5.02 Å². The molecule has 8 heteroatoms. The fourth-order valence-corrected chi connectivity index (χ4v) is 5.78. The van der Waals surface area contributed by atoms with Gasteiger partial charge in [0.25, 0.3) is 5.91 Å². The van der Waals surface area contributed by atoms with Gasteiger partial charge >= 0.3 is 0 Å². The van der Waals surface area contributed by atoms with Gasteiger partial charge in [-0.1, -0.05) is 41.4 Å². The Morgan fingerprint density at radius 3 is 2.82 bits per heavy atom. The van der Waals surface area contributed by atoms with Crippen molar-refractivity contribution in [2.24, 2.45) is 5.73 Å². The maximum Gasteiger partial charge on any atom is 0.265 e. The number of fused-ring (bicyclic) bond motifs is 1. The maximum absolute atomic E-state index is 14.2. The normalized spacial score (nSPS) is 17.9. The number of amides is 1. The molecule has 0 radical (unpaired) electrons. The van der Waals surface area contributed by atoms with Crippen molar-refractivity contribution >= 4 is 57.8 Å². The van der Waals surface area contributed by atoms with E-state index in [0.29, 0.717) is 23.4 Å². The predicted octanol–water partition coefficient (Wildman–Crippen LogP) is 6.30. The molecule has 1 aliphatic rings. The minimum atomic E-state index is -1.40. The zero-order chi connectivity index (χ0) is 20.8. The number of alkyl halides is 1. The number of nitrogens with one attached hydrogen (secondary N) is 1. The third kappa shape index (κ3) is 5.24. The van der Waals surface area contributed by atoms with Crippen LogP contribution >= 0.6 is 35.7 Å². The number of primary amides is 1. The molecule has 1 aliphatic carbocycles. The van der Waals surface area contributed by atoms with Gasteiger partial charge in [0.15, 0.2) is 0 Å². The van der Waals surface area contributed by atoms with Crippen LogP contribution in [0.25, 0.3) is 10.9 Å². The summed E-state index contributed by atoms with van der Waals surface area (Å²) in [5.74, 6) is -0.895. The van der Waals surface area contributed by atoms with E-state index in [9.17, 15) is 9.18 Å². The standard InChI is InChI=1S/C18H18BrClFN2O2P.C2H6/c1-2-25-26(13-5-3-10(19)7-12(21)9-13)17-14-8-11(20)4-6-15(14)23-16(17)18(22)24;1-2/h4,6-10,23H,2-3,5H2,1H3,(H2,22,24);1-2H3. The van der Waals surface area contributed by atoms with Crippen LogP contribution in [-0.2, 0) is 4.52 Å². The van der Waals surface area contributed by atoms with Crippen LogP contribution in [0, 0.1) is 0 Å². The number of benzene rings is 1. The van der Waals surface area contributed by atoms with E-state index in [1.807, 2.05) is 20.8 Å². The van der Waals surface area contributed by atoms with E-state index in [2.05, 4.69) is 20.9 Å². The van der Waals surface area contributed by atoms with Crippen molar-refractivity contribution in [1.29, 1.82) is 0 Å². The Bertz CT molecular complexity index is 913. The summed E-state index contributed by atoms with van der Waals surface area (Å²) in [5, 5.41) is 2.80. The second kappa shape index (κ2) is 10.5. The molecule has 152 valence electrons. The molecule has 0 fully saturated rings. The highest BCUT2D eigenvalue weighted by atomic mass is 79.9. The molecule has 2 unspecified atom stereocenters. The molecule has 0 aliphatic heterocycles. The lowest BCUT2D eigenvalue weighted by atomic mass is 10.2. The van der Waals surface area contributed by atoms with E-state index in [1.165, 1.54) is 12.2 Å². The summed E-state index contributed by atoms with van der Waals surface area (Å²) in [6, 6.07) is 5.31. The van der Waals surface area contributed by atoms with E-state index >= 15 is 0 Å². The lowest BCUT2D eigenvalue weighted by Gasteiger charge is -2.21. The van der Waals surface area contributed by atoms with Crippen LogP contribution in [0.3, 0.4) is 0 Å². The third-order valence-electron chi connectivity index (χ3n) is 4.02. The smallest absolute Gasteiger partial charge is 0.265 e. The lowest BCUT2D eigenvalue weighted by Crippen LogP contribution is -2.21. The van der Waals surface area contributed by atoms with Crippen molar-refractivity contribution in [1.82, 2.24) is 4.98 Å². The number of aromatic amines is 1. The quantitative estimate of drug-likeness (QED) is 0.382. The first kappa shape index (κ1) is 23.1. The van der Waals surface area contributed by atoms with Gasteiger partial charge in [-0.05, 0) is 55.4 Å². The maximum atomic E-state index is 14.2. The first-order valence-electron chi connectivity index (χ1n) is 9.16. The average molecular weight is 490 g/mol. The second-order valence-electron chi connectivity index (χ2n) is 5.86. The topological polar surface area (TPSA) is 68.1 Å². The highest BCUT2D eigenvalue weighted by molar-refractivity contribution is 9.09. The Hall–Kier alpha value is -1.20. The van der Waals surface area contributed by atoms with Gasteiger partial charge in [0, 0.05) is 32.7 Å². The van der Waals surface area contributed by atoms with Crippen LogP contribution in [0.4, 0.5) is 4.39 Å². The van der Waals surface area contributed by atoms with Crippen molar-refractivity contribution < 1.29 is 13.7 Å². The van der Waals surface area contributed by atoms with Crippen LogP contribution in [-0.4, -0.2) is 22.3 Å². The summed E-state index contributed by atoms with van der Waals surface area (Å²) in [4.78, 5) is 15.1. The molecule has 28 heavy (non-hydrogen) atoms. The monoisotopic (exact) mass is 488 g/mol. The Balaban J connectivity index is 0.00000136. The Labute approximate surface area is 179 Å². The zero-order valence-corrected chi connectivity index (χ0v) is 19.3. The number of H-pyrrole nitrogens is 1. The summed E-state index contributed by atoms with van der Waals surface area (Å²) >= 11 is 9.61. The molecule has 2 atom stereocenters. The average Bonchev–Trinajstić information content (AvgIpc) is 2.94. The fourth-order valence-electron chi connectivity index (χ4n) is 2.94. The van der Waals surface area contributed by atoms with Gasteiger partial charge in [0.2, 0.25) is 0 Å². The van der Waals surface area contributed by atoms with Crippen molar-refractivity contribution in [2.45, 2.75) is 38.4 Å². The van der Waals surface area contributed by atoms with Crippen molar-refractivity contribution in [3.8, 4) is 0 Å². The van der Waals surface area contributed by atoms with Gasteiger partial charge in [-0.25, -0.2) is 4.39 Å². The molecule has 0 bridgehead atoms. The molecular formula is C20H24BrClFN2O2P. The van der Waals surface area contributed by atoms with Crippen molar-refractivity contribution in [2.75, 3.05) is 6.61 Å². The summed E-state index contributed by atoms with van der Waals surface area (Å²) in [7, 11) is -1.40. The van der Waals surface area contributed by atoms with E-state index in [0.717, 1.165) is 22.6 Å². The summed E-state index contributed by atoms with van der Waals surface area (Å²) < 4.78 is 20.2. The van der Waals surface area contributed by atoms with Gasteiger partial charge in [0.1, 0.15) is 11.5 Å².